The number of benzene rings is 1. The highest BCUT2D eigenvalue weighted by Gasteiger charge is 2.28. The molecule has 1 fully saturated rings. The molecule has 8 nitrogen and oxygen atoms in total. The number of carbonyl (C=O) groups is 3. The number of imide groups is 1. The van der Waals surface area contributed by atoms with Gasteiger partial charge in [-0.15, -0.1) is 0 Å². The number of aromatic nitrogens is 2. The highest BCUT2D eigenvalue weighted by Crippen LogP contribution is 2.11. The van der Waals surface area contributed by atoms with Gasteiger partial charge in [-0.05, 0) is 24.3 Å². The van der Waals surface area contributed by atoms with Gasteiger partial charge in [-0.1, -0.05) is 6.07 Å². The van der Waals surface area contributed by atoms with Gasteiger partial charge in [0.05, 0.1) is 25.4 Å². The molecule has 0 aliphatic carbocycles. The van der Waals surface area contributed by atoms with Crippen molar-refractivity contribution in [3.8, 4) is 5.69 Å². The Hall–Kier alpha value is -3.00. The van der Waals surface area contributed by atoms with Crippen molar-refractivity contribution in [1.82, 2.24) is 20.0 Å². The van der Waals surface area contributed by atoms with Crippen LogP contribution in [0.15, 0.2) is 42.7 Å². The lowest BCUT2D eigenvalue weighted by molar-refractivity contribution is -0.139. The Balaban J connectivity index is 1.39. The van der Waals surface area contributed by atoms with E-state index >= 15 is 0 Å². The minimum absolute atomic E-state index is 0.149. The van der Waals surface area contributed by atoms with Gasteiger partial charge >= 0.3 is 0 Å². The molecule has 2 aromatic rings. The molecule has 3 rings (SSSR count). The highest BCUT2D eigenvalue weighted by atomic mass is 16.5. The monoisotopic (exact) mass is 356 g/mol. The minimum Gasteiger partial charge on any atom is -0.378 e. The normalized spacial score (nSPS) is 14.1. The third-order valence-corrected chi connectivity index (χ3v) is 4.02. The molecule has 0 atom stereocenters. The summed E-state index contributed by atoms with van der Waals surface area (Å²) in [7, 11) is 0. The van der Waals surface area contributed by atoms with Crippen LogP contribution >= 0.6 is 0 Å². The molecule has 1 aromatic heterocycles. The van der Waals surface area contributed by atoms with E-state index in [9.17, 15) is 14.4 Å². The number of nitrogens with one attached hydrogen (secondary N) is 1. The molecule has 1 aromatic carbocycles. The van der Waals surface area contributed by atoms with Gasteiger partial charge in [0.25, 0.3) is 5.91 Å². The number of nitrogens with zero attached hydrogens (tertiary/aromatic N) is 3. The SMILES string of the molecule is O=C(NCCOCCN1C(=O)CCC1=O)c1cccc(-n2cccn2)c1. The van der Waals surface area contributed by atoms with E-state index in [1.165, 1.54) is 4.90 Å². The molecule has 0 saturated carbocycles. The van der Waals surface area contributed by atoms with Gasteiger partial charge in [-0.25, -0.2) is 4.68 Å². The Kier molecular flexibility index (Phi) is 5.75. The van der Waals surface area contributed by atoms with Gasteiger partial charge < -0.3 is 10.1 Å². The summed E-state index contributed by atoms with van der Waals surface area (Å²) in [6.45, 7) is 1.17. The minimum atomic E-state index is -0.201. The first kappa shape index (κ1) is 17.8. The van der Waals surface area contributed by atoms with E-state index in [0.717, 1.165) is 5.69 Å². The average Bonchev–Trinajstić information content (AvgIpc) is 3.29. The largest absolute Gasteiger partial charge is 0.378 e. The van der Waals surface area contributed by atoms with Crippen LogP contribution in [-0.2, 0) is 14.3 Å². The molecule has 2 heterocycles. The summed E-state index contributed by atoms with van der Waals surface area (Å²) in [5, 5.41) is 6.92. The molecule has 8 heteroatoms. The third-order valence-electron chi connectivity index (χ3n) is 4.02. The van der Waals surface area contributed by atoms with Gasteiger partial charge in [0.15, 0.2) is 0 Å². The number of rotatable bonds is 8. The van der Waals surface area contributed by atoms with Gasteiger partial charge in [0, 0.05) is 37.3 Å². The quantitative estimate of drug-likeness (QED) is 0.557. The van der Waals surface area contributed by atoms with Crippen molar-refractivity contribution < 1.29 is 19.1 Å². The number of amides is 3. The van der Waals surface area contributed by atoms with Crippen LogP contribution in [0.2, 0.25) is 0 Å². The number of ether oxygens (including phenoxy) is 1. The fourth-order valence-electron chi connectivity index (χ4n) is 2.68. The number of carbonyl (C=O) groups excluding carboxylic acids is 3. The average molecular weight is 356 g/mol. The molecule has 1 saturated heterocycles. The van der Waals surface area contributed by atoms with Crippen molar-refractivity contribution in [1.29, 1.82) is 0 Å². The fourth-order valence-corrected chi connectivity index (χ4v) is 2.68. The zero-order chi connectivity index (χ0) is 18.4. The Labute approximate surface area is 150 Å². The van der Waals surface area contributed by atoms with E-state index in [0.29, 0.717) is 18.7 Å². The van der Waals surface area contributed by atoms with Gasteiger partial charge in [-0.2, -0.15) is 5.10 Å². The fraction of sp³-hybridized carbons (Fsp3) is 0.333. The summed E-state index contributed by atoms with van der Waals surface area (Å²) in [5.74, 6) is -0.500. The Bertz CT molecular complexity index is 772. The summed E-state index contributed by atoms with van der Waals surface area (Å²) in [6.07, 6.45) is 4.05. The van der Waals surface area contributed by atoms with Crippen molar-refractivity contribution in [2.45, 2.75) is 12.8 Å². The predicted molar refractivity (Wildman–Crippen MR) is 92.7 cm³/mol. The first-order chi connectivity index (χ1) is 12.6. The summed E-state index contributed by atoms with van der Waals surface area (Å²) in [6, 6.07) is 8.97. The Morgan fingerprint density at radius 3 is 2.69 bits per heavy atom. The van der Waals surface area contributed by atoms with Crippen LogP contribution in [0.3, 0.4) is 0 Å². The summed E-state index contributed by atoms with van der Waals surface area (Å²) in [5.41, 5.74) is 1.34. The van der Waals surface area contributed by atoms with E-state index in [1.54, 1.807) is 35.3 Å². The second-order valence-corrected chi connectivity index (χ2v) is 5.81. The first-order valence-corrected chi connectivity index (χ1v) is 8.44. The van der Waals surface area contributed by atoms with Crippen LogP contribution in [-0.4, -0.2) is 58.7 Å². The van der Waals surface area contributed by atoms with Crippen molar-refractivity contribution in [3.63, 3.8) is 0 Å². The maximum Gasteiger partial charge on any atom is 0.251 e. The van der Waals surface area contributed by atoms with E-state index < -0.39 is 0 Å². The third kappa shape index (κ3) is 4.34. The molecular formula is C18H20N4O4. The Morgan fingerprint density at radius 1 is 1.15 bits per heavy atom. The van der Waals surface area contributed by atoms with Gasteiger partial charge in [0.2, 0.25) is 11.8 Å². The molecule has 1 aliphatic heterocycles. The lowest BCUT2D eigenvalue weighted by Gasteiger charge is -2.13. The predicted octanol–water partition coefficient (Wildman–Crippen LogP) is 0.768. The molecule has 1 aliphatic rings. The Morgan fingerprint density at radius 2 is 1.96 bits per heavy atom. The topological polar surface area (TPSA) is 93.5 Å². The zero-order valence-electron chi connectivity index (χ0n) is 14.3. The number of hydrogen-bond donors (Lipinski definition) is 1. The van der Waals surface area contributed by atoms with E-state index in [4.69, 9.17) is 4.74 Å². The molecule has 0 unspecified atom stereocenters. The number of likely N-dealkylation sites (tertiary alicyclic amines) is 1. The standard InChI is InChI=1S/C18H20N4O4/c23-16-5-6-17(24)21(16)10-12-26-11-8-19-18(25)14-3-1-4-15(13-14)22-9-2-7-20-22/h1-4,7,9,13H,5-6,8,10-12H2,(H,19,25). The van der Waals surface area contributed by atoms with Crippen molar-refractivity contribution >= 4 is 17.7 Å². The molecule has 26 heavy (non-hydrogen) atoms. The van der Waals surface area contributed by atoms with Crippen LogP contribution in [0.4, 0.5) is 0 Å². The molecule has 1 N–H and O–H groups in total. The molecule has 3 amide bonds. The van der Waals surface area contributed by atoms with E-state index in [1.807, 2.05) is 12.1 Å². The highest BCUT2D eigenvalue weighted by molar-refractivity contribution is 6.01. The zero-order valence-corrected chi connectivity index (χ0v) is 14.3. The summed E-state index contributed by atoms with van der Waals surface area (Å²) in [4.78, 5) is 36.3. The van der Waals surface area contributed by atoms with Crippen molar-refractivity contribution in [3.05, 3.63) is 48.3 Å². The van der Waals surface area contributed by atoms with Gasteiger partial charge in [0.1, 0.15) is 0 Å². The second kappa shape index (κ2) is 8.39. The molecule has 0 radical (unpaired) electrons. The van der Waals surface area contributed by atoms with Crippen LogP contribution in [0.1, 0.15) is 23.2 Å². The van der Waals surface area contributed by atoms with Crippen molar-refractivity contribution in [2.24, 2.45) is 0 Å². The maximum atomic E-state index is 12.2. The van der Waals surface area contributed by atoms with Crippen LogP contribution in [0.5, 0.6) is 0 Å². The maximum absolute atomic E-state index is 12.2. The van der Waals surface area contributed by atoms with Crippen LogP contribution in [0.25, 0.3) is 5.69 Å². The van der Waals surface area contributed by atoms with E-state index in [-0.39, 0.29) is 43.7 Å². The number of hydrogen-bond acceptors (Lipinski definition) is 5. The second-order valence-electron chi connectivity index (χ2n) is 5.81. The molecular weight excluding hydrogens is 336 g/mol. The summed E-state index contributed by atoms with van der Waals surface area (Å²) < 4.78 is 7.07. The molecule has 0 spiro atoms. The van der Waals surface area contributed by atoms with Crippen molar-refractivity contribution in [2.75, 3.05) is 26.3 Å². The van der Waals surface area contributed by atoms with E-state index in [2.05, 4.69) is 10.4 Å². The van der Waals surface area contributed by atoms with Crippen LogP contribution in [0, 0.1) is 0 Å². The first-order valence-electron chi connectivity index (χ1n) is 8.44. The van der Waals surface area contributed by atoms with Crippen LogP contribution < -0.4 is 5.32 Å². The molecule has 136 valence electrons. The smallest absolute Gasteiger partial charge is 0.251 e. The lowest BCUT2D eigenvalue weighted by atomic mass is 10.2. The van der Waals surface area contributed by atoms with Gasteiger partial charge in [-0.3, -0.25) is 19.3 Å². The summed E-state index contributed by atoms with van der Waals surface area (Å²) >= 11 is 0. The molecule has 0 bridgehead atoms. The lowest BCUT2D eigenvalue weighted by Crippen LogP contribution is -2.33.